The van der Waals surface area contributed by atoms with Gasteiger partial charge >= 0.3 is 0 Å². The Morgan fingerprint density at radius 1 is 1.19 bits per heavy atom. The highest BCUT2D eigenvalue weighted by Gasteiger charge is 2.67. The molecule has 0 aliphatic heterocycles. The average molecular weight is 358 g/mol. The minimum atomic E-state index is -0.919. The van der Waals surface area contributed by atoms with Crippen LogP contribution in [0, 0.1) is 29.1 Å². The van der Waals surface area contributed by atoms with Crippen LogP contribution in [0.5, 0.6) is 0 Å². The lowest BCUT2D eigenvalue weighted by molar-refractivity contribution is -0.181. The summed E-state index contributed by atoms with van der Waals surface area (Å²) in [7, 11) is 0. The smallest absolute Gasteiger partial charge is 0.294 e. The van der Waals surface area contributed by atoms with Crippen molar-refractivity contribution in [2.45, 2.75) is 77.2 Å². The quantitative estimate of drug-likeness (QED) is 0.712. The van der Waals surface area contributed by atoms with Crippen LogP contribution in [-0.2, 0) is 19.1 Å². The molecule has 4 nitrogen and oxygen atoms in total. The van der Waals surface area contributed by atoms with Gasteiger partial charge in [0.25, 0.3) is 6.47 Å². The van der Waals surface area contributed by atoms with Crippen LogP contribution >= 0.6 is 0 Å². The number of ketones is 2. The first kappa shape index (κ1) is 17.9. The number of fused-ring (bicyclic) bond motifs is 5. The Balaban J connectivity index is 1.69. The number of carbonyl (C=O) groups excluding carboxylic acids is 3. The molecule has 142 valence electrons. The van der Waals surface area contributed by atoms with E-state index in [2.05, 4.69) is 6.92 Å². The van der Waals surface area contributed by atoms with Gasteiger partial charge in [0.05, 0.1) is 0 Å². The summed E-state index contributed by atoms with van der Waals surface area (Å²) in [5, 5.41) is 0. The van der Waals surface area contributed by atoms with E-state index in [0.29, 0.717) is 48.8 Å². The first-order chi connectivity index (χ1) is 12.5. The normalized spacial score (nSPS) is 44.4. The maximum Gasteiger partial charge on any atom is 0.294 e. The molecular weight excluding hydrogens is 328 g/mol. The van der Waals surface area contributed by atoms with E-state index in [1.54, 1.807) is 6.92 Å². The number of hydrogen-bond acceptors (Lipinski definition) is 4. The fraction of sp³-hybridized carbons (Fsp3) is 0.773. The molecule has 4 rings (SSSR count). The van der Waals surface area contributed by atoms with E-state index < -0.39 is 5.60 Å². The molecule has 4 aliphatic rings. The van der Waals surface area contributed by atoms with Gasteiger partial charge in [-0.25, -0.2) is 0 Å². The molecule has 0 N–H and O–H groups in total. The van der Waals surface area contributed by atoms with Gasteiger partial charge in [0.2, 0.25) is 0 Å². The molecule has 26 heavy (non-hydrogen) atoms. The van der Waals surface area contributed by atoms with E-state index >= 15 is 0 Å². The van der Waals surface area contributed by atoms with Gasteiger partial charge in [-0.15, -0.1) is 0 Å². The van der Waals surface area contributed by atoms with E-state index in [1.807, 2.05) is 6.08 Å². The highest BCUT2D eigenvalue weighted by molar-refractivity contribution is 5.91. The fourth-order valence-electron chi connectivity index (χ4n) is 7.59. The predicted molar refractivity (Wildman–Crippen MR) is 97.3 cm³/mol. The average Bonchev–Trinajstić information content (AvgIpc) is 2.97. The molecule has 0 amide bonds. The van der Waals surface area contributed by atoms with E-state index in [-0.39, 0.29) is 11.2 Å². The second-order valence-corrected chi connectivity index (χ2v) is 8.99. The number of ether oxygens (including phenoxy) is 1. The van der Waals surface area contributed by atoms with Gasteiger partial charge in [-0.2, -0.15) is 0 Å². The first-order valence-corrected chi connectivity index (χ1v) is 10.3. The van der Waals surface area contributed by atoms with Crippen molar-refractivity contribution in [2.24, 2.45) is 29.1 Å². The Morgan fingerprint density at radius 3 is 2.69 bits per heavy atom. The van der Waals surface area contributed by atoms with Crippen LogP contribution in [0.2, 0.25) is 0 Å². The Bertz CT molecular complexity index is 665. The molecule has 0 unspecified atom stereocenters. The maximum absolute atomic E-state index is 12.7. The summed E-state index contributed by atoms with van der Waals surface area (Å²) in [6.45, 7) is 4.27. The molecule has 0 spiro atoms. The van der Waals surface area contributed by atoms with Crippen molar-refractivity contribution < 1.29 is 19.1 Å². The molecule has 6 atom stereocenters. The van der Waals surface area contributed by atoms with Crippen LogP contribution in [0.4, 0.5) is 0 Å². The zero-order valence-corrected chi connectivity index (χ0v) is 16.0. The third-order valence-corrected chi connectivity index (χ3v) is 8.57. The molecule has 0 heterocycles. The van der Waals surface area contributed by atoms with Crippen LogP contribution in [-0.4, -0.2) is 23.6 Å². The topological polar surface area (TPSA) is 60.4 Å². The Morgan fingerprint density at radius 2 is 2.00 bits per heavy atom. The lowest BCUT2D eigenvalue weighted by Crippen LogP contribution is -2.58. The molecule has 0 saturated heterocycles. The van der Waals surface area contributed by atoms with Crippen molar-refractivity contribution in [1.82, 2.24) is 0 Å². The lowest BCUT2D eigenvalue weighted by atomic mass is 9.49. The van der Waals surface area contributed by atoms with Crippen LogP contribution in [0.1, 0.15) is 71.6 Å². The van der Waals surface area contributed by atoms with Gasteiger partial charge in [-0.3, -0.25) is 14.4 Å². The maximum atomic E-state index is 12.7. The summed E-state index contributed by atoms with van der Waals surface area (Å²) >= 11 is 0. The second kappa shape index (κ2) is 6.31. The third-order valence-electron chi connectivity index (χ3n) is 8.57. The number of rotatable bonds is 4. The molecule has 4 heteroatoms. The van der Waals surface area contributed by atoms with Crippen molar-refractivity contribution in [3.05, 3.63) is 11.6 Å². The van der Waals surface area contributed by atoms with Gasteiger partial charge in [0.1, 0.15) is 0 Å². The Kier molecular flexibility index (Phi) is 4.36. The molecular formula is C22H30O4. The minimum Gasteiger partial charge on any atom is -0.453 e. The summed E-state index contributed by atoms with van der Waals surface area (Å²) in [4.78, 5) is 35.8. The zero-order valence-electron chi connectivity index (χ0n) is 16.0. The van der Waals surface area contributed by atoms with Crippen molar-refractivity contribution in [1.29, 1.82) is 0 Å². The standard InChI is InChI=1S/C22H30O4/c1-3-21-10-8-18-17-7-5-16(25)12-15(17)4-6-19(18)20(21)9-11-22(21,14(2)24)26-13-23/h12-13,17-20H,3-11H2,1-2H3/t17-,18+,19+,20-,21-,22-/m0/s1. The number of Topliss-reactive ketones (excluding diaryl/α,β-unsaturated/α-hetero) is 1. The molecule has 0 aromatic carbocycles. The SMILES string of the molecule is CC[C@]12CC[C@H]3[C@@H](CCC4=CC(=O)CC[C@@H]43)[C@@H]1CC[C@]2(OC=O)C(C)=O. The van der Waals surface area contributed by atoms with Crippen molar-refractivity contribution >= 4 is 18.0 Å². The second-order valence-electron chi connectivity index (χ2n) is 8.99. The summed E-state index contributed by atoms with van der Waals surface area (Å²) < 4.78 is 5.63. The zero-order chi connectivity index (χ0) is 18.5. The van der Waals surface area contributed by atoms with Crippen LogP contribution < -0.4 is 0 Å². The van der Waals surface area contributed by atoms with Gasteiger partial charge in [0, 0.05) is 11.8 Å². The van der Waals surface area contributed by atoms with Crippen molar-refractivity contribution in [2.75, 3.05) is 0 Å². The summed E-state index contributed by atoms with van der Waals surface area (Å²) in [5.74, 6) is 2.55. The highest BCUT2D eigenvalue weighted by Crippen LogP contribution is 2.67. The van der Waals surface area contributed by atoms with Gasteiger partial charge in [-0.1, -0.05) is 12.5 Å². The summed E-state index contributed by atoms with van der Waals surface area (Å²) in [6, 6.07) is 0. The first-order valence-electron chi connectivity index (χ1n) is 10.3. The number of hydrogen-bond donors (Lipinski definition) is 0. The molecule has 0 bridgehead atoms. The monoisotopic (exact) mass is 358 g/mol. The van der Waals surface area contributed by atoms with Crippen LogP contribution in [0.3, 0.4) is 0 Å². The molecule has 4 aliphatic carbocycles. The van der Waals surface area contributed by atoms with E-state index in [1.165, 1.54) is 5.57 Å². The molecule has 0 aromatic heterocycles. The molecule has 0 aromatic rings. The van der Waals surface area contributed by atoms with Crippen molar-refractivity contribution in [3.63, 3.8) is 0 Å². The largest absolute Gasteiger partial charge is 0.453 e. The highest BCUT2D eigenvalue weighted by atomic mass is 16.5. The summed E-state index contributed by atoms with van der Waals surface area (Å²) in [6.07, 6.45) is 10.3. The van der Waals surface area contributed by atoms with Crippen LogP contribution in [0.15, 0.2) is 11.6 Å². The minimum absolute atomic E-state index is 0.0204. The van der Waals surface area contributed by atoms with E-state index in [4.69, 9.17) is 4.74 Å². The fourth-order valence-corrected chi connectivity index (χ4v) is 7.59. The van der Waals surface area contributed by atoms with Gasteiger partial charge in [0.15, 0.2) is 17.2 Å². The van der Waals surface area contributed by atoms with Crippen molar-refractivity contribution in [3.8, 4) is 0 Å². The molecule has 0 radical (unpaired) electrons. The Labute approximate surface area is 155 Å². The van der Waals surface area contributed by atoms with Crippen LogP contribution in [0.25, 0.3) is 0 Å². The van der Waals surface area contributed by atoms with E-state index in [0.717, 1.165) is 44.9 Å². The van der Waals surface area contributed by atoms with Gasteiger partial charge in [-0.05, 0) is 88.0 Å². The summed E-state index contributed by atoms with van der Waals surface area (Å²) in [5.41, 5.74) is 0.260. The molecule has 3 fully saturated rings. The molecule has 3 saturated carbocycles. The predicted octanol–water partition coefficient (Wildman–Crippen LogP) is 4.02. The Hall–Kier alpha value is -1.45. The third kappa shape index (κ3) is 2.23. The van der Waals surface area contributed by atoms with Gasteiger partial charge < -0.3 is 4.74 Å². The number of carbonyl (C=O) groups is 3. The lowest BCUT2D eigenvalue weighted by Gasteiger charge is -2.56. The van der Waals surface area contributed by atoms with E-state index in [9.17, 15) is 14.4 Å². The number of allylic oxidation sites excluding steroid dienone is 1.